The van der Waals surface area contributed by atoms with E-state index in [1.54, 1.807) is 12.1 Å². The number of methoxy groups -OCH3 is 1. The third kappa shape index (κ3) is 4.92. The molecule has 2 aliphatic rings. The fraction of sp³-hybridized carbons (Fsp3) is 0.333. The molecule has 0 aliphatic carbocycles. The zero-order chi connectivity index (χ0) is 23.6. The zero-order valence-electron chi connectivity index (χ0n) is 17.7. The Balaban J connectivity index is 1.52. The summed E-state index contributed by atoms with van der Waals surface area (Å²) in [5.74, 6) is -0.115. The Morgan fingerprint density at radius 1 is 1.12 bits per heavy atom. The molecule has 2 aromatic rings. The van der Waals surface area contributed by atoms with E-state index >= 15 is 0 Å². The number of nitrogens with zero attached hydrogens (tertiary/aromatic N) is 2. The lowest BCUT2D eigenvalue weighted by Gasteiger charge is -2.17. The molecule has 4 rings (SSSR count). The summed E-state index contributed by atoms with van der Waals surface area (Å²) in [6.45, 7) is 0.377. The molecule has 0 radical (unpaired) electrons. The van der Waals surface area contributed by atoms with Gasteiger partial charge >= 0.3 is 21.8 Å². The molecule has 0 N–H and O–H groups in total. The molecule has 12 heteroatoms. The van der Waals surface area contributed by atoms with E-state index in [0.717, 1.165) is 11.8 Å². The number of fused-ring (bicyclic) bond motifs is 1. The number of cyclic esters (lactones) is 1. The molecule has 174 valence electrons. The normalized spacial score (nSPS) is 19.2. The van der Waals surface area contributed by atoms with Gasteiger partial charge in [-0.05, 0) is 35.4 Å². The number of benzene rings is 2. The molecule has 1 fully saturated rings. The van der Waals surface area contributed by atoms with Crippen LogP contribution in [-0.2, 0) is 31.0 Å². The van der Waals surface area contributed by atoms with Crippen molar-refractivity contribution in [2.75, 3.05) is 26.8 Å². The maximum absolute atomic E-state index is 12.2. The van der Waals surface area contributed by atoms with E-state index in [1.165, 1.54) is 25.3 Å². The van der Waals surface area contributed by atoms with Crippen LogP contribution < -0.4 is 18.4 Å². The van der Waals surface area contributed by atoms with Crippen molar-refractivity contribution in [3.8, 4) is 23.0 Å². The van der Waals surface area contributed by atoms with Crippen LogP contribution in [0.4, 0.5) is 0 Å². The van der Waals surface area contributed by atoms with Gasteiger partial charge in [0.05, 0.1) is 26.6 Å². The first-order valence-corrected chi connectivity index (χ1v) is 11.6. The average molecular weight is 476 g/mol. The standard InChI is InChI=1S/C21H20N2O9S/c1-27-17-8-13(4-6-16(17)32-33(2,25)26)20-14(19(23-22)21(24)31-20)10-28-9-12-3-5-15-18(7-12)30-11-29-15/h3-8,14,20H,9-11H2,1-2H3/t14-,20+/m0/s1. The predicted molar refractivity (Wildman–Crippen MR) is 112 cm³/mol. The molecular formula is C21H20N2O9S. The molecule has 2 aliphatic heterocycles. The van der Waals surface area contributed by atoms with Crippen LogP contribution in [0.15, 0.2) is 36.4 Å². The third-order valence-corrected chi connectivity index (χ3v) is 5.51. The van der Waals surface area contributed by atoms with Crippen molar-refractivity contribution in [3.05, 3.63) is 53.1 Å². The Labute approximate surface area is 189 Å². The highest BCUT2D eigenvalue weighted by molar-refractivity contribution is 7.86. The summed E-state index contributed by atoms with van der Waals surface area (Å²) in [5, 5.41) is 0. The van der Waals surface area contributed by atoms with Gasteiger partial charge in [-0.3, -0.25) is 0 Å². The quantitative estimate of drug-likeness (QED) is 0.241. The molecule has 2 heterocycles. The Kier molecular flexibility index (Phi) is 6.23. The van der Waals surface area contributed by atoms with E-state index in [0.29, 0.717) is 17.1 Å². The maximum atomic E-state index is 12.2. The second kappa shape index (κ2) is 9.10. The summed E-state index contributed by atoms with van der Waals surface area (Å²) in [6.07, 6.45) is 0.0673. The lowest BCUT2D eigenvalue weighted by Crippen LogP contribution is -2.23. The molecule has 11 nitrogen and oxygen atoms in total. The van der Waals surface area contributed by atoms with Crippen molar-refractivity contribution in [1.29, 1.82) is 0 Å². The molecule has 33 heavy (non-hydrogen) atoms. The summed E-state index contributed by atoms with van der Waals surface area (Å²) >= 11 is 0. The van der Waals surface area contributed by atoms with E-state index < -0.39 is 28.1 Å². The van der Waals surface area contributed by atoms with Gasteiger partial charge in [0.1, 0.15) is 12.0 Å². The number of ether oxygens (including phenoxy) is 5. The Morgan fingerprint density at radius 3 is 2.64 bits per heavy atom. The Hall–Kier alpha value is -3.60. The van der Waals surface area contributed by atoms with E-state index in [-0.39, 0.29) is 37.2 Å². The fourth-order valence-electron chi connectivity index (χ4n) is 3.56. The van der Waals surface area contributed by atoms with Crippen LogP contribution in [0.1, 0.15) is 17.2 Å². The minimum Gasteiger partial charge on any atom is -0.493 e. The van der Waals surface area contributed by atoms with Gasteiger partial charge < -0.3 is 33.4 Å². The summed E-state index contributed by atoms with van der Waals surface area (Å²) in [5.41, 5.74) is 10.5. The van der Waals surface area contributed by atoms with E-state index in [1.807, 2.05) is 6.07 Å². The van der Waals surface area contributed by atoms with Gasteiger partial charge in [-0.1, -0.05) is 12.1 Å². The molecule has 2 atom stereocenters. The summed E-state index contributed by atoms with van der Waals surface area (Å²) in [7, 11) is -2.42. The van der Waals surface area contributed by atoms with Gasteiger partial charge in [-0.15, -0.1) is 0 Å². The van der Waals surface area contributed by atoms with Crippen molar-refractivity contribution < 1.29 is 45.9 Å². The number of esters is 1. The Morgan fingerprint density at radius 2 is 1.91 bits per heavy atom. The van der Waals surface area contributed by atoms with E-state index in [9.17, 15) is 18.7 Å². The Bertz CT molecular complexity index is 1240. The molecule has 0 bridgehead atoms. The fourth-order valence-corrected chi connectivity index (χ4v) is 4.03. The minimum absolute atomic E-state index is 0.00808. The van der Waals surface area contributed by atoms with Crippen molar-refractivity contribution in [2.45, 2.75) is 12.7 Å². The van der Waals surface area contributed by atoms with Crippen LogP contribution in [0.25, 0.3) is 5.53 Å². The van der Waals surface area contributed by atoms with Crippen molar-refractivity contribution in [1.82, 2.24) is 0 Å². The highest BCUT2D eigenvalue weighted by Crippen LogP contribution is 2.38. The second-order valence-electron chi connectivity index (χ2n) is 7.32. The number of hydrogen-bond donors (Lipinski definition) is 0. The lowest BCUT2D eigenvalue weighted by molar-refractivity contribution is -0.140. The van der Waals surface area contributed by atoms with Crippen LogP contribution in [0.3, 0.4) is 0 Å². The predicted octanol–water partition coefficient (Wildman–Crippen LogP) is 1.86. The third-order valence-electron chi connectivity index (χ3n) is 5.03. The van der Waals surface area contributed by atoms with Crippen molar-refractivity contribution in [3.63, 3.8) is 0 Å². The van der Waals surface area contributed by atoms with Crippen LogP contribution in [0, 0.1) is 5.92 Å². The van der Waals surface area contributed by atoms with Gasteiger partial charge in [0.25, 0.3) is 0 Å². The summed E-state index contributed by atoms with van der Waals surface area (Å²) < 4.78 is 54.9. The van der Waals surface area contributed by atoms with Gasteiger partial charge in [0.2, 0.25) is 6.79 Å². The highest BCUT2D eigenvalue weighted by Gasteiger charge is 2.49. The van der Waals surface area contributed by atoms with Crippen LogP contribution in [0.2, 0.25) is 0 Å². The molecule has 0 aromatic heterocycles. The number of carbonyl (C=O) groups excluding carboxylic acids is 1. The van der Waals surface area contributed by atoms with Gasteiger partial charge in [-0.25, -0.2) is 4.79 Å². The highest BCUT2D eigenvalue weighted by atomic mass is 32.2. The molecule has 1 saturated heterocycles. The SMILES string of the molecule is COc1cc([C@H]2OC(=O)C(=[N+]=[N-])[C@@H]2COCc2ccc3c(c2)OCO3)ccc1OS(C)(=O)=O. The first kappa shape index (κ1) is 22.6. The van der Waals surface area contributed by atoms with Gasteiger partial charge in [0, 0.05) is 0 Å². The van der Waals surface area contributed by atoms with Gasteiger partial charge in [0.15, 0.2) is 23.0 Å². The number of hydrogen-bond acceptors (Lipinski definition) is 9. The summed E-state index contributed by atoms with van der Waals surface area (Å²) in [6, 6.07) is 9.81. The first-order chi connectivity index (χ1) is 15.8. The first-order valence-electron chi connectivity index (χ1n) is 9.75. The molecule has 0 spiro atoms. The van der Waals surface area contributed by atoms with Gasteiger partial charge in [-0.2, -0.15) is 13.2 Å². The smallest absolute Gasteiger partial charge is 0.418 e. The molecule has 0 amide bonds. The zero-order valence-corrected chi connectivity index (χ0v) is 18.5. The molecule has 2 aromatic carbocycles. The average Bonchev–Trinajstić information content (AvgIpc) is 3.36. The summed E-state index contributed by atoms with van der Waals surface area (Å²) in [4.78, 5) is 15.3. The lowest BCUT2D eigenvalue weighted by atomic mass is 9.94. The second-order valence-corrected chi connectivity index (χ2v) is 8.89. The molecular weight excluding hydrogens is 456 g/mol. The topological polar surface area (TPSA) is 143 Å². The van der Waals surface area contributed by atoms with Crippen LogP contribution >= 0.6 is 0 Å². The number of rotatable bonds is 8. The molecule has 0 saturated carbocycles. The van der Waals surface area contributed by atoms with Crippen LogP contribution in [-0.4, -0.2) is 51.7 Å². The van der Waals surface area contributed by atoms with E-state index in [2.05, 4.69) is 4.79 Å². The van der Waals surface area contributed by atoms with E-state index in [4.69, 9.17) is 27.9 Å². The van der Waals surface area contributed by atoms with Crippen molar-refractivity contribution in [2.24, 2.45) is 5.92 Å². The molecule has 0 unspecified atom stereocenters. The van der Waals surface area contributed by atoms with Crippen molar-refractivity contribution >= 4 is 21.8 Å². The monoisotopic (exact) mass is 476 g/mol. The maximum Gasteiger partial charge on any atom is 0.418 e. The largest absolute Gasteiger partial charge is 0.493 e. The minimum atomic E-state index is -3.77. The van der Waals surface area contributed by atoms with Crippen LogP contribution in [0.5, 0.6) is 23.0 Å². The number of carbonyl (C=O) groups is 1.